The summed E-state index contributed by atoms with van der Waals surface area (Å²) >= 11 is 0. The molecular weight excluding hydrogens is 357 g/mol. The molecule has 2 N–H and O–H groups in total. The Morgan fingerprint density at radius 2 is 1.85 bits per heavy atom. The summed E-state index contributed by atoms with van der Waals surface area (Å²) in [6.07, 6.45) is -2.76. The lowest BCUT2D eigenvalue weighted by Crippen LogP contribution is -2.20. The highest BCUT2D eigenvalue weighted by Gasteiger charge is 2.30. The number of aromatic nitrogens is 2. The van der Waals surface area contributed by atoms with Crippen molar-refractivity contribution in [3.05, 3.63) is 77.5 Å². The number of halogens is 3. The zero-order valence-corrected chi connectivity index (χ0v) is 14.4. The Bertz CT molecular complexity index is 950. The lowest BCUT2D eigenvalue weighted by Gasteiger charge is -2.10. The molecule has 3 rings (SSSR count). The molecule has 0 saturated heterocycles. The van der Waals surface area contributed by atoms with Crippen LogP contribution in [0.4, 0.5) is 29.5 Å². The van der Waals surface area contributed by atoms with E-state index >= 15 is 0 Å². The number of carbonyl (C=O) groups excluding carboxylic acids is 1. The van der Waals surface area contributed by atoms with Crippen LogP contribution in [0, 0.1) is 6.92 Å². The smallest absolute Gasteiger partial charge is 0.308 e. The first-order valence-corrected chi connectivity index (χ1v) is 8.14. The molecule has 0 fully saturated rings. The van der Waals surface area contributed by atoms with E-state index in [1.54, 1.807) is 16.9 Å². The van der Waals surface area contributed by atoms with Gasteiger partial charge in [-0.05, 0) is 30.7 Å². The molecule has 0 atom stereocenters. The first-order valence-electron chi connectivity index (χ1n) is 8.14. The Labute approximate surface area is 153 Å². The molecule has 8 heteroatoms. The van der Waals surface area contributed by atoms with Crippen LogP contribution >= 0.6 is 0 Å². The molecule has 0 aliphatic heterocycles. The number of hydrogen-bond donors (Lipinski definition) is 2. The number of rotatable bonds is 4. The maximum Gasteiger partial charge on any atom is 0.416 e. The molecule has 0 radical (unpaired) electrons. The minimum absolute atomic E-state index is 0.0431. The van der Waals surface area contributed by atoms with Crippen molar-refractivity contribution in [3.63, 3.8) is 0 Å². The van der Waals surface area contributed by atoms with Gasteiger partial charge in [-0.1, -0.05) is 35.9 Å². The molecule has 140 valence electrons. The number of nitrogens with one attached hydrogen (secondary N) is 2. The molecule has 0 bridgehead atoms. The summed E-state index contributed by atoms with van der Waals surface area (Å²) in [6, 6.07) is 13.3. The first-order chi connectivity index (χ1) is 12.8. The maximum absolute atomic E-state index is 12.7. The Morgan fingerprint density at radius 3 is 2.59 bits per heavy atom. The third kappa shape index (κ3) is 5.10. The van der Waals surface area contributed by atoms with E-state index in [0.29, 0.717) is 12.4 Å². The van der Waals surface area contributed by atoms with E-state index in [4.69, 9.17) is 0 Å². The molecule has 3 aromatic rings. The maximum atomic E-state index is 12.7. The SMILES string of the molecule is Cc1cccc(Cn2ccc(NC(=O)Nc3cccc(C(F)(F)F)c3)n2)c1. The Hall–Kier alpha value is -3.29. The summed E-state index contributed by atoms with van der Waals surface area (Å²) in [4.78, 5) is 12.0. The quantitative estimate of drug-likeness (QED) is 0.682. The van der Waals surface area contributed by atoms with Crippen LogP contribution in [-0.4, -0.2) is 15.8 Å². The van der Waals surface area contributed by atoms with Gasteiger partial charge in [-0.3, -0.25) is 10.00 Å². The largest absolute Gasteiger partial charge is 0.416 e. The summed E-state index contributed by atoms with van der Waals surface area (Å²) in [5.41, 5.74) is 1.42. The predicted octanol–water partition coefficient (Wildman–Crippen LogP) is 4.90. The van der Waals surface area contributed by atoms with Crippen LogP contribution in [0.3, 0.4) is 0 Å². The second kappa shape index (κ2) is 7.53. The van der Waals surface area contributed by atoms with Gasteiger partial charge in [0.1, 0.15) is 0 Å². The highest BCUT2D eigenvalue weighted by atomic mass is 19.4. The standard InChI is InChI=1S/C19H17F3N4O/c1-13-4-2-5-14(10-13)12-26-9-8-17(25-26)24-18(27)23-16-7-3-6-15(11-16)19(20,21)22/h2-11H,12H2,1H3,(H2,23,24,25,27). The molecule has 0 unspecified atom stereocenters. The van der Waals surface area contributed by atoms with Crippen LogP contribution in [0.25, 0.3) is 0 Å². The van der Waals surface area contributed by atoms with Crippen LogP contribution in [0.2, 0.25) is 0 Å². The van der Waals surface area contributed by atoms with Gasteiger partial charge < -0.3 is 5.32 Å². The van der Waals surface area contributed by atoms with E-state index in [1.165, 1.54) is 12.1 Å². The molecule has 0 aliphatic carbocycles. The molecule has 1 heterocycles. The van der Waals surface area contributed by atoms with Crippen molar-refractivity contribution in [1.29, 1.82) is 0 Å². The molecular formula is C19H17F3N4O. The van der Waals surface area contributed by atoms with Crippen molar-refractivity contribution in [2.75, 3.05) is 10.6 Å². The monoisotopic (exact) mass is 374 g/mol. The van der Waals surface area contributed by atoms with E-state index < -0.39 is 17.8 Å². The number of hydrogen-bond acceptors (Lipinski definition) is 2. The van der Waals surface area contributed by atoms with E-state index in [2.05, 4.69) is 15.7 Å². The summed E-state index contributed by atoms with van der Waals surface area (Å²) in [6.45, 7) is 2.54. The van der Waals surface area contributed by atoms with Crippen molar-refractivity contribution >= 4 is 17.5 Å². The number of aryl methyl sites for hydroxylation is 1. The van der Waals surface area contributed by atoms with Gasteiger partial charge >= 0.3 is 12.2 Å². The summed E-state index contributed by atoms with van der Waals surface area (Å²) < 4.78 is 39.8. The minimum Gasteiger partial charge on any atom is -0.308 e. The van der Waals surface area contributed by atoms with Crippen molar-refractivity contribution in [3.8, 4) is 0 Å². The summed E-state index contributed by atoms with van der Waals surface area (Å²) in [5, 5.41) is 9.11. The number of urea groups is 1. The van der Waals surface area contributed by atoms with Gasteiger partial charge in [0.05, 0.1) is 12.1 Å². The Balaban J connectivity index is 1.61. The average molecular weight is 374 g/mol. The molecule has 2 amide bonds. The van der Waals surface area contributed by atoms with Gasteiger partial charge in [0, 0.05) is 18.0 Å². The van der Waals surface area contributed by atoms with Crippen LogP contribution in [0.15, 0.2) is 60.8 Å². The molecule has 27 heavy (non-hydrogen) atoms. The number of nitrogens with zero attached hydrogens (tertiary/aromatic N) is 2. The van der Waals surface area contributed by atoms with Crippen molar-refractivity contribution in [1.82, 2.24) is 9.78 Å². The van der Waals surface area contributed by atoms with E-state index in [-0.39, 0.29) is 5.69 Å². The fourth-order valence-corrected chi connectivity index (χ4v) is 2.57. The van der Waals surface area contributed by atoms with Gasteiger partial charge in [0.2, 0.25) is 0 Å². The van der Waals surface area contributed by atoms with E-state index in [0.717, 1.165) is 23.3 Å². The number of benzene rings is 2. The van der Waals surface area contributed by atoms with Gasteiger partial charge in [0.15, 0.2) is 5.82 Å². The van der Waals surface area contributed by atoms with E-state index in [1.807, 2.05) is 31.2 Å². The Kier molecular flexibility index (Phi) is 5.16. The average Bonchev–Trinajstić information content (AvgIpc) is 3.01. The summed E-state index contributed by atoms with van der Waals surface area (Å²) in [5.74, 6) is 0.298. The first kappa shape index (κ1) is 18.5. The van der Waals surface area contributed by atoms with Gasteiger partial charge in [0.25, 0.3) is 0 Å². The normalized spacial score (nSPS) is 11.3. The van der Waals surface area contributed by atoms with E-state index in [9.17, 15) is 18.0 Å². The van der Waals surface area contributed by atoms with Gasteiger partial charge in [-0.15, -0.1) is 0 Å². The lowest BCUT2D eigenvalue weighted by molar-refractivity contribution is -0.137. The fraction of sp³-hybridized carbons (Fsp3) is 0.158. The predicted molar refractivity (Wildman–Crippen MR) is 96.6 cm³/mol. The molecule has 2 aromatic carbocycles. The number of alkyl halides is 3. The van der Waals surface area contributed by atoms with Crippen LogP contribution in [0.5, 0.6) is 0 Å². The fourth-order valence-electron chi connectivity index (χ4n) is 2.57. The lowest BCUT2D eigenvalue weighted by atomic mass is 10.1. The zero-order chi connectivity index (χ0) is 19.4. The third-order valence-corrected chi connectivity index (χ3v) is 3.76. The number of anilines is 2. The summed E-state index contributed by atoms with van der Waals surface area (Å²) in [7, 11) is 0. The zero-order valence-electron chi connectivity index (χ0n) is 14.4. The second-order valence-electron chi connectivity index (χ2n) is 6.05. The highest BCUT2D eigenvalue weighted by Crippen LogP contribution is 2.30. The van der Waals surface area contributed by atoms with Crippen LogP contribution < -0.4 is 10.6 Å². The van der Waals surface area contributed by atoms with Crippen LogP contribution in [0.1, 0.15) is 16.7 Å². The molecule has 5 nitrogen and oxygen atoms in total. The van der Waals surface area contributed by atoms with Crippen molar-refractivity contribution in [2.45, 2.75) is 19.6 Å². The second-order valence-corrected chi connectivity index (χ2v) is 6.05. The topological polar surface area (TPSA) is 59.0 Å². The molecule has 0 aliphatic rings. The van der Waals surface area contributed by atoms with Gasteiger partial charge in [-0.25, -0.2) is 4.79 Å². The van der Waals surface area contributed by atoms with Crippen molar-refractivity contribution in [2.24, 2.45) is 0 Å². The van der Waals surface area contributed by atoms with Crippen LogP contribution in [-0.2, 0) is 12.7 Å². The minimum atomic E-state index is -4.47. The third-order valence-electron chi connectivity index (χ3n) is 3.76. The van der Waals surface area contributed by atoms with Crippen molar-refractivity contribution < 1.29 is 18.0 Å². The molecule has 0 saturated carbocycles. The highest BCUT2D eigenvalue weighted by molar-refractivity contribution is 5.99. The van der Waals surface area contributed by atoms with Gasteiger partial charge in [-0.2, -0.15) is 18.3 Å². The molecule has 1 aromatic heterocycles. The number of carbonyl (C=O) groups is 1. The number of amides is 2. The molecule has 0 spiro atoms. The Morgan fingerprint density at radius 1 is 1.07 bits per heavy atom.